The Morgan fingerprint density at radius 3 is 2.59 bits per heavy atom. The second kappa shape index (κ2) is 12.7. The maximum Gasteiger partial charge on any atom is 0.234 e. The van der Waals surface area contributed by atoms with Crippen molar-refractivity contribution in [3.63, 3.8) is 0 Å². The Balaban J connectivity index is 0.00000210. The number of benzene rings is 1. The minimum Gasteiger partial charge on any atom is -0.374 e. The minimum atomic E-state index is 0. The monoisotopic (exact) mass is 446 g/mol. The number of nitrogens with two attached hydrogens (primary N) is 1. The number of nitrogens with zero attached hydrogens (tertiary/aromatic N) is 2. The maximum absolute atomic E-state index is 12.4. The van der Waals surface area contributed by atoms with Gasteiger partial charge in [-0.2, -0.15) is 0 Å². The fraction of sp³-hybridized carbons (Fsp3) is 0.667. The number of morpholine rings is 1. The third-order valence-electron chi connectivity index (χ3n) is 5.41. The Morgan fingerprint density at radius 1 is 1.17 bits per heavy atom. The molecule has 1 aromatic rings. The highest BCUT2D eigenvalue weighted by Gasteiger charge is 2.32. The number of rotatable bonds is 7. The lowest BCUT2D eigenvalue weighted by Gasteiger charge is -2.34. The van der Waals surface area contributed by atoms with Crippen molar-refractivity contribution in [3.05, 3.63) is 35.9 Å². The highest BCUT2D eigenvalue weighted by Crippen LogP contribution is 2.25. The molecule has 1 unspecified atom stereocenters. The van der Waals surface area contributed by atoms with Gasteiger partial charge in [0.2, 0.25) is 5.91 Å². The first kappa shape index (κ1) is 26.1. The summed E-state index contributed by atoms with van der Waals surface area (Å²) in [6.07, 6.45) is 0.0827. The molecule has 2 heterocycles. The molecule has 8 heteroatoms. The van der Waals surface area contributed by atoms with Gasteiger partial charge in [0.1, 0.15) is 0 Å². The molecule has 2 saturated heterocycles. The Bertz CT molecular complexity index is 606. The molecule has 0 spiro atoms. The highest BCUT2D eigenvalue weighted by atomic mass is 35.5. The van der Waals surface area contributed by atoms with Crippen LogP contribution in [0, 0.1) is 5.92 Å². The van der Waals surface area contributed by atoms with Crippen LogP contribution in [-0.2, 0) is 9.53 Å². The Kier molecular flexibility index (Phi) is 11.5. The van der Waals surface area contributed by atoms with Gasteiger partial charge in [-0.15, -0.1) is 24.8 Å². The molecular formula is C21H36Cl2N4O2. The number of carbonyl (C=O) groups excluding carboxylic acids is 1. The standard InChI is InChI=1S/C21H34N4O2.2ClH/c1-16(2)11-24-8-9-27-18(12-24)10-23-21(26)15-25-13-19(20(22)14-25)17-6-4-3-5-7-17;;/h3-7,16,18-20H,8-15,22H2,1-2H3,(H,23,26);2*1H/t18?,19-,20+;;/m0../s1. The van der Waals surface area contributed by atoms with E-state index in [-0.39, 0.29) is 42.9 Å². The average molecular weight is 447 g/mol. The third-order valence-corrected chi connectivity index (χ3v) is 5.41. The molecule has 1 aromatic carbocycles. The van der Waals surface area contributed by atoms with Crippen LogP contribution in [0.2, 0.25) is 0 Å². The van der Waals surface area contributed by atoms with Gasteiger partial charge in [0.15, 0.2) is 0 Å². The van der Waals surface area contributed by atoms with Crippen molar-refractivity contribution in [2.75, 3.05) is 52.4 Å². The van der Waals surface area contributed by atoms with Crippen LogP contribution < -0.4 is 11.1 Å². The first-order chi connectivity index (χ1) is 13.0. The van der Waals surface area contributed by atoms with E-state index in [4.69, 9.17) is 10.5 Å². The summed E-state index contributed by atoms with van der Waals surface area (Å²) in [7, 11) is 0. The summed E-state index contributed by atoms with van der Waals surface area (Å²) < 4.78 is 5.81. The lowest BCUT2D eigenvalue weighted by Crippen LogP contribution is -2.49. The minimum absolute atomic E-state index is 0. The predicted molar refractivity (Wildman–Crippen MR) is 122 cm³/mol. The van der Waals surface area contributed by atoms with Gasteiger partial charge in [-0.3, -0.25) is 14.6 Å². The molecule has 0 radical (unpaired) electrons. The van der Waals surface area contributed by atoms with Gasteiger partial charge in [0.25, 0.3) is 0 Å². The Labute approximate surface area is 187 Å². The number of amides is 1. The van der Waals surface area contributed by atoms with Crippen LogP contribution in [0.5, 0.6) is 0 Å². The predicted octanol–water partition coefficient (Wildman–Crippen LogP) is 1.73. The summed E-state index contributed by atoms with van der Waals surface area (Å²) in [5.74, 6) is 1.00. The molecule has 3 atom stereocenters. The van der Waals surface area contributed by atoms with Crippen LogP contribution in [-0.4, -0.2) is 80.3 Å². The van der Waals surface area contributed by atoms with E-state index in [2.05, 4.69) is 41.1 Å². The molecule has 0 saturated carbocycles. The van der Waals surface area contributed by atoms with E-state index < -0.39 is 0 Å². The van der Waals surface area contributed by atoms with Crippen LogP contribution in [0.4, 0.5) is 0 Å². The van der Waals surface area contributed by atoms with Gasteiger partial charge in [-0.05, 0) is 11.5 Å². The summed E-state index contributed by atoms with van der Waals surface area (Å²) >= 11 is 0. The van der Waals surface area contributed by atoms with Gasteiger partial charge < -0.3 is 15.8 Å². The molecule has 1 amide bonds. The van der Waals surface area contributed by atoms with E-state index in [1.165, 1.54) is 5.56 Å². The second-order valence-corrected chi connectivity index (χ2v) is 8.33. The van der Waals surface area contributed by atoms with Crippen molar-refractivity contribution in [2.45, 2.75) is 31.9 Å². The molecule has 29 heavy (non-hydrogen) atoms. The molecule has 2 aliphatic rings. The summed E-state index contributed by atoms with van der Waals surface area (Å²) in [6, 6.07) is 10.4. The molecular weight excluding hydrogens is 411 g/mol. The van der Waals surface area contributed by atoms with E-state index in [0.29, 0.717) is 24.9 Å². The summed E-state index contributed by atoms with van der Waals surface area (Å²) in [4.78, 5) is 17.0. The number of likely N-dealkylation sites (tertiary alicyclic amines) is 1. The van der Waals surface area contributed by atoms with Gasteiger partial charge in [0, 0.05) is 51.2 Å². The van der Waals surface area contributed by atoms with Gasteiger partial charge in [-0.25, -0.2) is 0 Å². The lowest BCUT2D eigenvalue weighted by molar-refractivity contribution is -0.123. The van der Waals surface area contributed by atoms with Gasteiger partial charge in [0.05, 0.1) is 19.3 Å². The molecule has 3 N–H and O–H groups in total. The van der Waals surface area contributed by atoms with Crippen LogP contribution in [0.25, 0.3) is 0 Å². The van der Waals surface area contributed by atoms with Crippen LogP contribution in [0.15, 0.2) is 30.3 Å². The summed E-state index contributed by atoms with van der Waals surface area (Å²) in [5, 5.41) is 3.05. The molecule has 3 rings (SSSR count). The van der Waals surface area contributed by atoms with Crippen molar-refractivity contribution in [1.82, 2.24) is 15.1 Å². The van der Waals surface area contributed by atoms with Gasteiger partial charge in [-0.1, -0.05) is 44.2 Å². The number of carbonyl (C=O) groups is 1. The van der Waals surface area contributed by atoms with Crippen molar-refractivity contribution >= 4 is 30.7 Å². The van der Waals surface area contributed by atoms with Crippen molar-refractivity contribution in [2.24, 2.45) is 11.7 Å². The number of ether oxygens (including phenoxy) is 1. The normalized spacial score (nSPS) is 25.3. The highest BCUT2D eigenvalue weighted by molar-refractivity contribution is 5.85. The largest absolute Gasteiger partial charge is 0.374 e. The average Bonchev–Trinajstić information content (AvgIpc) is 3.00. The Morgan fingerprint density at radius 2 is 1.90 bits per heavy atom. The molecule has 166 valence electrons. The quantitative estimate of drug-likeness (QED) is 0.667. The number of hydrogen-bond acceptors (Lipinski definition) is 5. The number of hydrogen-bond donors (Lipinski definition) is 2. The van der Waals surface area contributed by atoms with Crippen LogP contribution in [0.1, 0.15) is 25.3 Å². The molecule has 0 aromatic heterocycles. The first-order valence-corrected chi connectivity index (χ1v) is 10.1. The zero-order valence-corrected chi connectivity index (χ0v) is 19.1. The van der Waals surface area contributed by atoms with E-state index in [1.807, 2.05) is 18.2 Å². The molecule has 2 aliphatic heterocycles. The maximum atomic E-state index is 12.4. The van der Waals surface area contributed by atoms with Gasteiger partial charge >= 0.3 is 0 Å². The topological polar surface area (TPSA) is 70.8 Å². The zero-order valence-electron chi connectivity index (χ0n) is 17.5. The Hall–Kier alpha value is -0.890. The van der Waals surface area contributed by atoms with Crippen molar-refractivity contribution in [3.8, 4) is 0 Å². The molecule has 2 fully saturated rings. The SMILES string of the molecule is CC(C)CN1CCOC(CNC(=O)CN2C[C@@H](N)[C@H](c3ccccc3)C2)C1.Cl.Cl. The lowest BCUT2D eigenvalue weighted by atomic mass is 9.95. The third kappa shape index (κ3) is 8.04. The number of nitrogens with one attached hydrogen (secondary N) is 1. The van der Waals surface area contributed by atoms with Crippen molar-refractivity contribution < 1.29 is 9.53 Å². The van der Waals surface area contributed by atoms with E-state index in [1.54, 1.807) is 0 Å². The van der Waals surface area contributed by atoms with Crippen LogP contribution in [0.3, 0.4) is 0 Å². The molecule has 0 bridgehead atoms. The molecule has 0 aliphatic carbocycles. The van der Waals surface area contributed by atoms with Crippen LogP contribution >= 0.6 is 24.8 Å². The second-order valence-electron chi connectivity index (χ2n) is 8.33. The number of halogens is 2. The first-order valence-electron chi connectivity index (χ1n) is 10.1. The van der Waals surface area contributed by atoms with Crippen molar-refractivity contribution in [1.29, 1.82) is 0 Å². The fourth-order valence-electron chi connectivity index (χ4n) is 4.17. The zero-order chi connectivity index (χ0) is 19.2. The fourth-order valence-corrected chi connectivity index (χ4v) is 4.17. The summed E-state index contributed by atoms with van der Waals surface area (Å²) in [5.41, 5.74) is 7.58. The summed E-state index contributed by atoms with van der Waals surface area (Å²) in [6.45, 7) is 10.7. The smallest absolute Gasteiger partial charge is 0.234 e. The van der Waals surface area contributed by atoms with E-state index in [9.17, 15) is 4.79 Å². The molecule has 6 nitrogen and oxygen atoms in total. The van der Waals surface area contributed by atoms with E-state index in [0.717, 1.165) is 39.3 Å². The van der Waals surface area contributed by atoms with E-state index >= 15 is 0 Å².